The van der Waals surface area contributed by atoms with Gasteiger partial charge in [0.15, 0.2) is 5.65 Å². The maximum absolute atomic E-state index is 13.0. The SMILES string of the molecule is CCOC(=O)Nc1ccc([NH2+]Cc2ccc(F)cc2)n2ccnc12.O=C([O-])/C=C\C(=O)O. The van der Waals surface area contributed by atoms with E-state index < -0.39 is 18.0 Å². The molecular weight excluding hydrogens is 423 g/mol. The van der Waals surface area contributed by atoms with Crippen LogP contribution in [0.15, 0.2) is 60.9 Å². The van der Waals surface area contributed by atoms with Gasteiger partial charge < -0.3 is 19.7 Å². The highest BCUT2D eigenvalue weighted by molar-refractivity contribution is 5.90. The number of hydrogen-bond donors (Lipinski definition) is 3. The van der Waals surface area contributed by atoms with E-state index in [-0.39, 0.29) is 5.82 Å². The van der Waals surface area contributed by atoms with Crippen LogP contribution >= 0.6 is 0 Å². The molecule has 1 amide bonds. The minimum absolute atomic E-state index is 0.245. The van der Waals surface area contributed by atoms with Crippen LogP contribution in [0.2, 0.25) is 0 Å². The van der Waals surface area contributed by atoms with Crippen LogP contribution in [0.25, 0.3) is 5.65 Å². The molecule has 4 N–H and O–H groups in total. The molecule has 0 aliphatic rings. The van der Waals surface area contributed by atoms with Crippen molar-refractivity contribution in [2.75, 3.05) is 11.9 Å². The van der Waals surface area contributed by atoms with Crippen molar-refractivity contribution >= 4 is 35.2 Å². The molecule has 3 aromatic rings. The molecule has 0 fully saturated rings. The smallest absolute Gasteiger partial charge is 0.411 e. The highest BCUT2D eigenvalue weighted by atomic mass is 19.1. The number of carboxylic acids is 2. The minimum Gasteiger partial charge on any atom is -0.545 e. The van der Waals surface area contributed by atoms with Gasteiger partial charge in [0.2, 0.25) is 5.82 Å². The Morgan fingerprint density at radius 2 is 1.94 bits per heavy atom. The van der Waals surface area contributed by atoms with E-state index in [4.69, 9.17) is 9.84 Å². The molecule has 0 atom stereocenters. The van der Waals surface area contributed by atoms with E-state index in [0.29, 0.717) is 36.6 Å². The molecule has 0 saturated heterocycles. The standard InChI is InChI=1S/C17H17FN4O2.C4H4O4/c1-2-24-17(23)21-14-7-8-15(22-10-9-19-16(14)22)20-11-12-3-5-13(18)6-4-12;5-3(6)1-2-4(7)8/h3-10,20H,2,11H2,1H3,(H,21,23);1-2H,(H,5,6)(H,7,8)/b;2-1-. The number of nitrogens with zero attached hydrogens (tertiary/aromatic N) is 2. The van der Waals surface area contributed by atoms with E-state index in [9.17, 15) is 23.9 Å². The van der Waals surface area contributed by atoms with Gasteiger partial charge in [-0.1, -0.05) is 12.1 Å². The number of carbonyl (C=O) groups excluding carboxylic acids is 2. The number of ether oxygens (including phenoxy) is 1. The molecule has 11 heteroatoms. The highest BCUT2D eigenvalue weighted by Gasteiger charge is 2.12. The third-order valence-corrected chi connectivity index (χ3v) is 3.91. The number of carbonyl (C=O) groups is 3. The maximum Gasteiger partial charge on any atom is 0.411 e. The van der Waals surface area contributed by atoms with Gasteiger partial charge in [-0.05, 0) is 31.2 Å². The molecular formula is C21H21FN4O6. The number of benzene rings is 1. The van der Waals surface area contributed by atoms with Crippen LogP contribution in [-0.2, 0) is 20.9 Å². The predicted molar refractivity (Wildman–Crippen MR) is 109 cm³/mol. The Morgan fingerprint density at radius 3 is 2.53 bits per heavy atom. The number of carboxylic acid groups (broad SMARTS) is 2. The summed E-state index contributed by atoms with van der Waals surface area (Å²) >= 11 is 0. The second kappa shape index (κ2) is 11.8. The number of aliphatic carboxylic acids is 2. The Labute approximate surface area is 182 Å². The normalized spacial score (nSPS) is 10.4. The number of quaternary nitrogens is 1. The van der Waals surface area contributed by atoms with Crippen molar-refractivity contribution in [1.82, 2.24) is 9.38 Å². The lowest BCUT2D eigenvalue weighted by atomic mass is 10.2. The van der Waals surface area contributed by atoms with Crippen molar-refractivity contribution in [2.45, 2.75) is 13.5 Å². The third kappa shape index (κ3) is 7.54. The number of hydrogen-bond acceptors (Lipinski definition) is 6. The summed E-state index contributed by atoms with van der Waals surface area (Å²) in [6.07, 6.45) is 3.92. The summed E-state index contributed by atoms with van der Waals surface area (Å²) in [4.78, 5) is 34.8. The van der Waals surface area contributed by atoms with Crippen LogP contribution in [0, 0.1) is 5.82 Å². The maximum atomic E-state index is 13.0. The number of anilines is 1. The van der Waals surface area contributed by atoms with Crippen LogP contribution in [0.4, 0.5) is 20.7 Å². The summed E-state index contributed by atoms with van der Waals surface area (Å²) in [6, 6.07) is 10.1. The van der Waals surface area contributed by atoms with Crippen LogP contribution < -0.4 is 15.7 Å². The fraction of sp³-hybridized carbons (Fsp3) is 0.143. The van der Waals surface area contributed by atoms with Gasteiger partial charge in [0.05, 0.1) is 18.3 Å². The zero-order chi connectivity index (χ0) is 23.5. The van der Waals surface area contributed by atoms with E-state index in [1.165, 1.54) is 12.1 Å². The Balaban J connectivity index is 0.000000390. The van der Waals surface area contributed by atoms with Gasteiger partial charge in [-0.3, -0.25) is 15.0 Å². The van der Waals surface area contributed by atoms with Crippen LogP contribution in [0.1, 0.15) is 12.5 Å². The molecule has 0 aliphatic heterocycles. The third-order valence-electron chi connectivity index (χ3n) is 3.91. The fourth-order valence-electron chi connectivity index (χ4n) is 2.56. The quantitative estimate of drug-likeness (QED) is 0.457. The number of pyridine rings is 1. The van der Waals surface area contributed by atoms with Gasteiger partial charge in [-0.15, -0.1) is 0 Å². The number of fused-ring (bicyclic) bond motifs is 1. The number of nitrogens with two attached hydrogens (primary N) is 1. The Bertz CT molecular complexity index is 1100. The van der Waals surface area contributed by atoms with Crippen molar-refractivity contribution in [3.05, 3.63) is 72.3 Å². The van der Waals surface area contributed by atoms with Crippen molar-refractivity contribution in [3.63, 3.8) is 0 Å². The molecule has 0 radical (unpaired) electrons. The molecule has 10 nitrogen and oxygen atoms in total. The molecule has 3 rings (SSSR count). The minimum atomic E-state index is -1.51. The van der Waals surface area contributed by atoms with Crippen molar-refractivity contribution in [1.29, 1.82) is 0 Å². The van der Waals surface area contributed by atoms with Crippen LogP contribution in [0.3, 0.4) is 0 Å². The summed E-state index contributed by atoms with van der Waals surface area (Å²) in [7, 11) is 0. The molecule has 0 saturated carbocycles. The van der Waals surface area contributed by atoms with E-state index in [1.807, 2.05) is 22.0 Å². The highest BCUT2D eigenvalue weighted by Crippen LogP contribution is 2.18. The van der Waals surface area contributed by atoms with Crippen molar-refractivity contribution in [3.8, 4) is 0 Å². The number of aromatic nitrogens is 2. The fourth-order valence-corrected chi connectivity index (χ4v) is 2.56. The van der Waals surface area contributed by atoms with Gasteiger partial charge in [-0.2, -0.15) is 0 Å². The molecule has 1 aromatic carbocycles. The average molecular weight is 444 g/mol. The summed E-state index contributed by atoms with van der Waals surface area (Å²) in [5.74, 6) is -2.12. The summed E-state index contributed by atoms with van der Waals surface area (Å²) in [6.45, 7) is 2.72. The zero-order valence-electron chi connectivity index (χ0n) is 17.0. The van der Waals surface area contributed by atoms with Gasteiger partial charge in [0.25, 0.3) is 0 Å². The van der Waals surface area contributed by atoms with Crippen molar-refractivity contribution in [2.24, 2.45) is 0 Å². The Morgan fingerprint density at radius 1 is 1.22 bits per heavy atom. The topological polar surface area (TPSA) is 150 Å². The lowest BCUT2D eigenvalue weighted by molar-refractivity contribution is -0.592. The lowest BCUT2D eigenvalue weighted by Crippen LogP contribution is -2.77. The first-order valence-electron chi connectivity index (χ1n) is 9.39. The van der Waals surface area contributed by atoms with Gasteiger partial charge >= 0.3 is 12.1 Å². The molecule has 0 spiro atoms. The first-order valence-corrected chi connectivity index (χ1v) is 9.39. The zero-order valence-corrected chi connectivity index (χ0v) is 17.0. The van der Waals surface area contributed by atoms with Gasteiger partial charge in [-0.25, -0.2) is 19.0 Å². The van der Waals surface area contributed by atoms with E-state index in [0.717, 1.165) is 11.4 Å². The number of amides is 1. The molecule has 168 valence electrons. The second-order valence-corrected chi connectivity index (χ2v) is 6.16. The van der Waals surface area contributed by atoms with E-state index >= 15 is 0 Å². The molecule has 2 aromatic heterocycles. The average Bonchev–Trinajstić information content (AvgIpc) is 3.24. The first kappa shape index (κ1) is 24.0. The summed E-state index contributed by atoms with van der Waals surface area (Å²) < 4.78 is 19.7. The van der Waals surface area contributed by atoms with Gasteiger partial charge in [0, 0.05) is 30.1 Å². The number of imidazole rings is 1. The summed E-state index contributed by atoms with van der Waals surface area (Å²) in [5, 5.41) is 21.9. The monoisotopic (exact) mass is 444 g/mol. The number of rotatable bonds is 7. The second-order valence-electron chi connectivity index (χ2n) is 6.16. The Hall–Kier alpha value is -4.25. The molecule has 32 heavy (non-hydrogen) atoms. The Kier molecular flexibility index (Phi) is 8.87. The molecule has 0 unspecified atom stereocenters. The predicted octanol–water partition coefficient (Wildman–Crippen LogP) is 0.814. The molecule has 2 heterocycles. The summed E-state index contributed by atoms with van der Waals surface area (Å²) in [5.41, 5.74) is 2.23. The number of nitrogens with one attached hydrogen (secondary N) is 1. The number of halogens is 1. The largest absolute Gasteiger partial charge is 0.545 e. The van der Waals surface area contributed by atoms with Crippen molar-refractivity contribution < 1.29 is 39.0 Å². The molecule has 0 aliphatic carbocycles. The van der Waals surface area contributed by atoms with Crippen LogP contribution in [0.5, 0.6) is 0 Å². The first-order chi connectivity index (χ1) is 15.3. The van der Waals surface area contributed by atoms with Crippen LogP contribution in [-0.4, -0.2) is 39.1 Å². The van der Waals surface area contributed by atoms with Gasteiger partial charge in [0.1, 0.15) is 12.4 Å². The van der Waals surface area contributed by atoms with E-state index in [2.05, 4.69) is 10.3 Å². The lowest BCUT2D eigenvalue weighted by Gasteiger charge is -2.09. The van der Waals surface area contributed by atoms with E-state index in [1.54, 1.807) is 31.3 Å². The molecule has 0 bridgehead atoms.